The summed E-state index contributed by atoms with van der Waals surface area (Å²) in [5.41, 5.74) is 4.55. The van der Waals surface area contributed by atoms with Gasteiger partial charge in [0.1, 0.15) is 5.71 Å². The molecule has 1 saturated carbocycles. The normalized spacial score (nSPS) is 24.5. The van der Waals surface area contributed by atoms with Gasteiger partial charge in [-0.05, 0) is 47.0 Å². The molecule has 0 amide bonds. The Labute approximate surface area is 146 Å². The van der Waals surface area contributed by atoms with Crippen molar-refractivity contribution in [1.82, 2.24) is 0 Å². The third-order valence-corrected chi connectivity index (χ3v) is 5.49. The van der Waals surface area contributed by atoms with Crippen molar-refractivity contribution < 1.29 is 4.79 Å². The van der Waals surface area contributed by atoms with Crippen LogP contribution in [0.2, 0.25) is 0 Å². The molecule has 0 bridgehead atoms. The number of carbonyl (C=O) groups is 1. The van der Waals surface area contributed by atoms with E-state index in [1.54, 1.807) is 0 Å². The lowest BCUT2D eigenvalue weighted by atomic mass is 9.80. The smallest absolute Gasteiger partial charge is 0.183 e. The highest BCUT2D eigenvalue weighted by atomic mass is 16.1. The predicted octanol–water partition coefficient (Wildman–Crippen LogP) is 5.22. The van der Waals surface area contributed by atoms with Crippen molar-refractivity contribution in [1.29, 1.82) is 0 Å². The number of rotatable bonds is 3. The molecular formula is C22H29NO. The highest BCUT2D eigenvalue weighted by Crippen LogP contribution is 2.31. The molecule has 3 rings (SSSR count). The zero-order valence-electron chi connectivity index (χ0n) is 15.4. The Balaban J connectivity index is 1.69. The SMILES string of the molecule is CC1CCC(C(=O)C2=NCC(c3ccc(C(C)(C)C)cc3)=C2)CC1. The first kappa shape index (κ1) is 17.1. The monoisotopic (exact) mass is 323 g/mol. The predicted molar refractivity (Wildman–Crippen MR) is 102 cm³/mol. The number of ketones is 1. The second-order valence-electron chi connectivity index (χ2n) is 8.52. The molecule has 24 heavy (non-hydrogen) atoms. The highest BCUT2D eigenvalue weighted by molar-refractivity contribution is 6.46. The Bertz CT molecular complexity index is 665. The molecular weight excluding hydrogens is 294 g/mol. The van der Waals surface area contributed by atoms with Crippen LogP contribution in [0.5, 0.6) is 0 Å². The van der Waals surface area contributed by atoms with Gasteiger partial charge < -0.3 is 0 Å². The van der Waals surface area contributed by atoms with E-state index in [2.05, 4.69) is 57.0 Å². The van der Waals surface area contributed by atoms with Gasteiger partial charge >= 0.3 is 0 Å². The molecule has 1 aliphatic heterocycles. The van der Waals surface area contributed by atoms with Crippen molar-refractivity contribution in [3.63, 3.8) is 0 Å². The Hall–Kier alpha value is -1.70. The fraction of sp³-hybridized carbons (Fsp3) is 0.545. The maximum Gasteiger partial charge on any atom is 0.183 e. The summed E-state index contributed by atoms with van der Waals surface area (Å²) in [6, 6.07) is 8.71. The third kappa shape index (κ3) is 3.68. The van der Waals surface area contributed by atoms with E-state index < -0.39 is 0 Å². The Morgan fingerprint density at radius 3 is 2.25 bits per heavy atom. The molecule has 0 saturated heterocycles. The number of nitrogens with zero attached hydrogens (tertiary/aromatic N) is 1. The molecule has 1 aliphatic carbocycles. The van der Waals surface area contributed by atoms with Crippen molar-refractivity contribution in [2.45, 2.75) is 58.8 Å². The summed E-state index contributed by atoms with van der Waals surface area (Å²) in [6.45, 7) is 9.59. The second-order valence-corrected chi connectivity index (χ2v) is 8.52. The molecule has 1 heterocycles. The summed E-state index contributed by atoms with van der Waals surface area (Å²) in [5.74, 6) is 1.23. The van der Waals surface area contributed by atoms with Crippen LogP contribution in [-0.4, -0.2) is 18.0 Å². The summed E-state index contributed by atoms with van der Waals surface area (Å²) < 4.78 is 0. The van der Waals surface area contributed by atoms with E-state index in [-0.39, 0.29) is 17.1 Å². The largest absolute Gasteiger partial charge is 0.292 e. The first-order valence-electron chi connectivity index (χ1n) is 9.25. The van der Waals surface area contributed by atoms with Crippen LogP contribution in [0.3, 0.4) is 0 Å². The van der Waals surface area contributed by atoms with E-state index in [0.717, 1.165) is 18.8 Å². The number of hydrogen-bond acceptors (Lipinski definition) is 2. The van der Waals surface area contributed by atoms with Gasteiger partial charge in [0.25, 0.3) is 0 Å². The van der Waals surface area contributed by atoms with Crippen molar-refractivity contribution >= 4 is 17.1 Å². The van der Waals surface area contributed by atoms with Crippen LogP contribution in [0.25, 0.3) is 5.57 Å². The zero-order chi connectivity index (χ0) is 17.3. The van der Waals surface area contributed by atoms with Crippen molar-refractivity contribution in [2.24, 2.45) is 16.8 Å². The Morgan fingerprint density at radius 1 is 1.04 bits per heavy atom. The summed E-state index contributed by atoms with van der Waals surface area (Å²) in [7, 11) is 0. The van der Waals surface area contributed by atoms with Crippen LogP contribution in [0, 0.1) is 11.8 Å². The maximum absolute atomic E-state index is 12.7. The molecule has 0 unspecified atom stereocenters. The molecule has 0 spiro atoms. The van der Waals surface area contributed by atoms with Gasteiger partial charge in [0.05, 0.1) is 6.54 Å². The van der Waals surface area contributed by atoms with E-state index in [0.29, 0.717) is 12.3 Å². The summed E-state index contributed by atoms with van der Waals surface area (Å²) in [4.78, 5) is 17.2. The number of carbonyl (C=O) groups excluding carboxylic acids is 1. The minimum Gasteiger partial charge on any atom is -0.292 e. The Morgan fingerprint density at radius 2 is 1.67 bits per heavy atom. The van der Waals surface area contributed by atoms with Crippen LogP contribution >= 0.6 is 0 Å². The van der Waals surface area contributed by atoms with E-state index in [4.69, 9.17) is 0 Å². The topological polar surface area (TPSA) is 29.4 Å². The maximum atomic E-state index is 12.7. The third-order valence-electron chi connectivity index (χ3n) is 5.49. The number of aliphatic imine (C=N–C) groups is 1. The van der Waals surface area contributed by atoms with Gasteiger partial charge in [-0.15, -0.1) is 0 Å². The van der Waals surface area contributed by atoms with Crippen LogP contribution in [0.4, 0.5) is 0 Å². The average Bonchev–Trinajstić information content (AvgIpc) is 3.04. The van der Waals surface area contributed by atoms with Gasteiger partial charge in [0.15, 0.2) is 5.78 Å². The van der Waals surface area contributed by atoms with E-state index in [9.17, 15) is 4.79 Å². The van der Waals surface area contributed by atoms with Gasteiger partial charge in [0.2, 0.25) is 0 Å². The minimum atomic E-state index is 0.165. The van der Waals surface area contributed by atoms with E-state index in [1.165, 1.54) is 29.5 Å². The lowest BCUT2D eigenvalue weighted by molar-refractivity contribution is -0.117. The lowest BCUT2D eigenvalue weighted by Crippen LogP contribution is -2.25. The molecule has 0 radical (unpaired) electrons. The number of hydrogen-bond donors (Lipinski definition) is 0. The molecule has 0 atom stereocenters. The van der Waals surface area contributed by atoms with Crippen LogP contribution < -0.4 is 0 Å². The molecule has 2 nitrogen and oxygen atoms in total. The second kappa shape index (κ2) is 6.66. The first-order valence-corrected chi connectivity index (χ1v) is 9.25. The number of allylic oxidation sites excluding steroid dienone is 1. The summed E-state index contributed by atoms with van der Waals surface area (Å²) in [6.07, 6.45) is 6.43. The van der Waals surface area contributed by atoms with Crippen molar-refractivity contribution in [3.05, 3.63) is 41.5 Å². The first-order chi connectivity index (χ1) is 11.3. The molecule has 0 aromatic heterocycles. The molecule has 1 fully saturated rings. The zero-order valence-corrected chi connectivity index (χ0v) is 15.4. The standard InChI is InChI=1S/C22H29NO/c1-15-5-7-17(8-6-15)21(24)20-13-18(14-23-20)16-9-11-19(12-10-16)22(2,3)4/h9-13,15,17H,5-8,14H2,1-4H3. The van der Waals surface area contributed by atoms with Crippen LogP contribution in [0.1, 0.15) is 64.5 Å². The fourth-order valence-corrected chi connectivity index (χ4v) is 3.67. The molecule has 0 N–H and O–H groups in total. The number of Topliss-reactive ketones (excluding diaryl/α,β-unsaturated/α-hetero) is 1. The molecule has 1 aromatic rings. The van der Waals surface area contributed by atoms with E-state index in [1.807, 2.05) is 6.08 Å². The number of benzene rings is 1. The lowest BCUT2D eigenvalue weighted by Gasteiger charge is -2.24. The fourth-order valence-electron chi connectivity index (χ4n) is 3.67. The molecule has 2 heteroatoms. The van der Waals surface area contributed by atoms with E-state index >= 15 is 0 Å². The van der Waals surface area contributed by atoms with Gasteiger partial charge in [-0.2, -0.15) is 0 Å². The van der Waals surface area contributed by atoms with Crippen LogP contribution in [-0.2, 0) is 10.2 Å². The molecule has 1 aromatic carbocycles. The van der Waals surface area contributed by atoms with Gasteiger partial charge in [-0.3, -0.25) is 9.79 Å². The minimum absolute atomic E-state index is 0.165. The molecule has 2 aliphatic rings. The quantitative estimate of drug-likeness (QED) is 0.750. The summed E-state index contributed by atoms with van der Waals surface area (Å²) >= 11 is 0. The molecule has 128 valence electrons. The van der Waals surface area contributed by atoms with Crippen LogP contribution in [0.15, 0.2) is 35.3 Å². The average molecular weight is 323 g/mol. The van der Waals surface area contributed by atoms with Crippen molar-refractivity contribution in [3.8, 4) is 0 Å². The van der Waals surface area contributed by atoms with Gasteiger partial charge in [-0.1, -0.05) is 64.8 Å². The Kier molecular flexibility index (Phi) is 4.76. The van der Waals surface area contributed by atoms with Gasteiger partial charge in [0, 0.05) is 5.92 Å². The highest BCUT2D eigenvalue weighted by Gasteiger charge is 2.28. The summed E-state index contributed by atoms with van der Waals surface area (Å²) in [5, 5.41) is 0. The van der Waals surface area contributed by atoms with Gasteiger partial charge in [-0.25, -0.2) is 0 Å². The van der Waals surface area contributed by atoms with Crippen molar-refractivity contribution in [2.75, 3.05) is 6.54 Å².